The molecule has 0 saturated carbocycles. The van der Waals surface area contributed by atoms with Crippen LogP contribution >= 0.6 is 11.6 Å². The SMILES string of the molecule is CN1CCN(C[C@H]2Cc3cc(S(=O)(=O)NC(=O)c4ccc(N5CCN(CC6=C(c7ccc(Cl)cc7)CC(C)(C)CC6)CC5)cc4Oc4cnc5[nH]ccc5c4)cc([N+](=O)[O-])c3C2)CC1. The van der Waals surface area contributed by atoms with Gasteiger partial charge in [0.05, 0.1) is 21.6 Å². The number of piperazine rings is 2. The normalized spacial score (nSPS) is 19.8. The van der Waals surface area contributed by atoms with Crippen LogP contribution in [0.25, 0.3) is 16.6 Å². The fourth-order valence-corrected chi connectivity index (χ4v) is 11.0. The quantitative estimate of drug-likeness (QED) is 0.0931. The fraction of sp³-hybridized carbons (Fsp3) is 0.417. The number of H-pyrrole nitrogens is 1. The lowest BCUT2D eigenvalue weighted by molar-refractivity contribution is -0.385. The second-order valence-corrected chi connectivity index (χ2v) is 20.8. The molecule has 4 heterocycles. The van der Waals surface area contributed by atoms with Crippen molar-refractivity contribution < 1.29 is 22.9 Å². The number of nitrogens with zero attached hydrogens (tertiary/aromatic N) is 6. The Hall–Kier alpha value is -5.32. The number of carbonyl (C=O) groups is 1. The highest BCUT2D eigenvalue weighted by Crippen LogP contribution is 2.44. The van der Waals surface area contributed by atoms with Crippen LogP contribution in [0, 0.1) is 21.4 Å². The molecule has 2 fully saturated rings. The summed E-state index contributed by atoms with van der Waals surface area (Å²) >= 11 is 6.25. The number of benzene rings is 3. The topological polar surface area (TPSA) is 157 Å². The minimum atomic E-state index is -4.54. The molecule has 336 valence electrons. The van der Waals surface area contributed by atoms with Gasteiger partial charge in [0.1, 0.15) is 17.1 Å². The fourth-order valence-electron chi connectivity index (χ4n) is 9.84. The summed E-state index contributed by atoms with van der Waals surface area (Å²) in [6.45, 7) is 13.2. The van der Waals surface area contributed by atoms with E-state index in [0.29, 0.717) is 35.4 Å². The van der Waals surface area contributed by atoms with Crippen LogP contribution in [0.2, 0.25) is 5.02 Å². The van der Waals surface area contributed by atoms with E-state index in [1.165, 1.54) is 22.8 Å². The Bertz CT molecular complexity index is 2720. The zero-order chi connectivity index (χ0) is 44.8. The third kappa shape index (κ3) is 9.69. The first kappa shape index (κ1) is 43.9. The Labute approximate surface area is 379 Å². The van der Waals surface area contributed by atoms with Gasteiger partial charge in [-0.15, -0.1) is 0 Å². The molecule has 14 nitrogen and oxygen atoms in total. The number of ether oxygens (including phenoxy) is 1. The van der Waals surface area contributed by atoms with Crippen LogP contribution < -0.4 is 14.4 Å². The van der Waals surface area contributed by atoms with E-state index in [9.17, 15) is 23.3 Å². The monoisotopic (exact) mass is 906 g/mol. The van der Waals surface area contributed by atoms with Gasteiger partial charge in [0, 0.05) is 105 Å². The minimum absolute atomic E-state index is 0.00934. The minimum Gasteiger partial charge on any atom is -0.455 e. The Morgan fingerprint density at radius 1 is 0.969 bits per heavy atom. The number of carbonyl (C=O) groups excluding carboxylic acids is 1. The number of aromatic amines is 1. The smallest absolute Gasteiger partial charge is 0.274 e. The van der Waals surface area contributed by atoms with E-state index >= 15 is 0 Å². The molecule has 16 heteroatoms. The number of likely N-dealkylation sites (N-methyl/N-ethyl adjacent to an activating group) is 1. The van der Waals surface area contributed by atoms with Gasteiger partial charge < -0.3 is 24.4 Å². The number of nitro groups is 1. The number of aromatic nitrogens is 2. The maximum Gasteiger partial charge on any atom is 0.274 e. The number of sulfonamides is 1. The number of amides is 1. The van der Waals surface area contributed by atoms with Crippen molar-refractivity contribution in [3.8, 4) is 11.5 Å². The number of hydrogen-bond donors (Lipinski definition) is 2. The molecule has 9 rings (SSSR count). The van der Waals surface area contributed by atoms with Crippen LogP contribution in [0.1, 0.15) is 60.2 Å². The van der Waals surface area contributed by atoms with Crippen LogP contribution in [-0.4, -0.2) is 116 Å². The van der Waals surface area contributed by atoms with Crippen LogP contribution in [-0.2, 0) is 22.9 Å². The summed E-state index contributed by atoms with van der Waals surface area (Å²) in [6, 6.07) is 19.6. The molecule has 64 heavy (non-hydrogen) atoms. The van der Waals surface area contributed by atoms with Crippen molar-refractivity contribution in [2.45, 2.75) is 50.8 Å². The van der Waals surface area contributed by atoms with Crippen molar-refractivity contribution in [2.75, 3.05) is 77.4 Å². The van der Waals surface area contributed by atoms with E-state index in [1.807, 2.05) is 24.3 Å². The van der Waals surface area contributed by atoms with Gasteiger partial charge in [0.2, 0.25) is 0 Å². The number of rotatable bonds is 12. The van der Waals surface area contributed by atoms with Crippen molar-refractivity contribution in [3.63, 3.8) is 0 Å². The molecule has 3 aromatic carbocycles. The van der Waals surface area contributed by atoms with Crippen molar-refractivity contribution in [1.29, 1.82) is 0 Å². The molecule has 0 radical (unpaired) electrons. The maximum absolute atomic E-state index is 14.1. The van der Waals surface area contributed by atoms with Gasteiger partial charge in [-0.1, -0.05) is 43.2 Å². The summed E-state index contributed by atoms with van der Waals surface area (Å²) < 4.78 is 36.6. The van der Waals surface area contributed by atoms with E-state index in [-0.39, 0.29) is 33.2 Å². The van der Waals surface area contributed by atoms with Gasteiger partial charge >= 0.3 is 0 Å². The van der Waals surface area contributed by atoms with E-state index < -0.39 is 20.9 Å². The van der Waals surface area contributed by atoms with Crippen molar-refractivity contribution in [1.82, 2.24) is 29.4 Å². The summed E-state index contributed by atoms with van der Waals surface area (Å²) in [5, 5.41) is 13.9. The van der Waals surface area contributed by atoms with Gasteiger partial charge in [0.25, 0.3) is 21.6 Å². The van der Waals surface area contributed by atoms with Gasteiger partial charge in [-0.25, -0.2) is 18.1 Å². The van der Waals surface area contributed by atoms with Crippen LogP contribution in [0.4, 0.5) is 11.4 Å². The Balaban J connectivity index is 0.936. The summed E-state index contributed by atoms with van der Waals surface area (Å²) in [5.74, 6) is -0.273. The zero-order valence-electron chi connectivity index (χ0n) is 36.6. The molecule has 4 aliphatic rings. The van der Waals surface area contributed by atoms with Crippen LogP contribution in [0.5, 0.6) is 11.5 Å². The molecule has 0 bridgehead atoms. The van der Waals surface area contributed by atoms with E-state index in [2.05, 4.69) is 67.3 Å². The molecule has 1 atom stereocenters. The number of anilines is 1. The first-order chi connectivity index (χ1) is 30.7. The van der Waals surface area contributed by atoms with Crippen molar-refractivity contribution in [3.05, 3.63) is 122 Å². The predicted molar refractivity (Wildman–Crippen MR) is 250 cm³/mol. The lowest BCUT2D eigenvalue weighted by Crippen LogP contribution is -2.47. The Morgan fingerprint density at radius 3 is 2.47 bits per heavy atom. The highest BCUT2D eigenvalue weighted by Gasteiger charge is 2.35. The number of fused-ring (bicyclic) bond motifs is 2. The lowest BCUT2D eigenvalue weighted by Gasteiger charge is -2.39. The summed E-state index contributed by atoms with van der Waals surface area (Å²) in [5.41, 5.74) is 6.79. The number of allylic oxidation sites excluding steroid dienone is 1. The molecule has 5 aromatic rings. The molecule has 2 aliphatic carbocycles. The molecule has 2 saturated heterocycles. The third-order valence-electron chi connectivity index (χ3n) is 13.5. The highest BCUT2D eigenvalue weighted by molar-refractivity contribution is 7.90. The molecule has 1 amide bonds. The van der Waals surface area contributed by atoms with Crippen LogP contribution in [0.3, 0.4) is 0 Å². The zero-order valence-corrected chi connectivity index (χ0v) is 38.2. The number of hydrogen-bond acceptors (Lipinski definition) is 11. The standard InChI is InChI=1S/C48H55ClN8O6S/c1-48(2)12-10-35(43(28-48)33-4-6-37(49)7-5-33)31-55-18-20-56(21-19-55)38-8-9-41(45(26-38)63-39-24-34-11-13-50-46(34)51-29-39)47(58)52-64(61,62)40-25-36-22-32(23-42(36)44(27-40)57(59)60)30-54-16-14-53(3)15-17-54/h4-9,11,13,24-27,29,32H,10,12,14-23,28,30-31H2,1-3H3,(H,50,51)(H,52,58)/t32-/m0/s1. The van der Waals surface area contributed by atoms with Gasteiger partial charge in [0.15, 0.2) is 0 Å². The van der Waals surface area contributed by atoms with E-state index in [1.54, 1.807) is 30.6 Å². The number of pyridine rings is 1. The molecule has 2 aliphatic heterocycles. The summed E-state index contributed by atoms with van der Waals surface area (Å²) in [4.78, 5) is 42.5. The Morgan fingerprint density at radius 2 is 1.72 bits per heavy atom. The average Bonchev–Trinajstić information content (AvgIpc) is 3.91. The number of halogens is 1. The first-order valence-corrected chi connectivity index (χ1v) is 24.0. The van der Waals surface area contributed by atoms with Gasteiger partial charge in [-0.2, -0.15) is 0 Å². The Kier molecular flexibility index (Phi) is 12.3. The van der Waals surface area contributed by atoms with Crippen molar-refractivity contribution >= 4 is 55.5 Å². The molecule has 2 N–H and O–H groups in total. The summed E-state index contributed by atoms with van der Waals surface area (Å²) in [6.07, 6.45) is 7.54. The van der Waals surface area contributed by atoms with Crippen molar-refractivity contribution in [2.24, 2.45) is 11.3 Å². The van der Waals surface area contributed by atoms with Gasteiger partial charge in [-0.05, 0) is 110 Å². The van der Waals surface area contributed by atoms with Crippen LogP contribution in [0.15, 0.2) is 89.6 Å². The predicted octanol–water partition coefficient (Wildman–Crippen LogP) is 7.78. The maximum atomic E-state index is 14.1. The number of nitro benzene ring substituents is 1. The highest BCUT2D eigenvalue weighted by atomic mass is 35.5. The molecule has 0 spiro atoms. The lowest BCUT2D eigenvalue weighted by atomic mass is 9.72. The van der Waals surface area contributed by atoms with E-state index in [4.69, 9.17) is 16.3 Å². The first-order valence-electron chi connectivity index (χ1n) is 22.1. The summed E-state index contributed by atoms with van der Waals surface area (Å²) in [7, 11) is -2.45. The average molecular weight is 908 g/mol. The largest absolute Gasteiger partial charge is 0.455 e. The second kappa shape index (κ2) is 17.9. The second-order valence-electron chi connectivity index (χ2n) is 18.7. The third-order valence-corrected chi connectivity index (χ3v) is 15.0. The van der Waals surface area contributed by atoms with E-state index in [0.717, 1.165) is 107 Å². The molecular weight excluding hydrogens is 852 g/mol. The molecular formula is C48H55ClN8O6S. The number of nitrogens with one attached hydrogen (secondary N) is 2. The molecule has 2 aromatic heterocycles. The molecule has 0 unspecified atom stereocenters. The van der Waals surface area contributed by atoms with Gasteiger partial charge in [-0.3, -0.25) is 19.8 Å².